The average molecular weight is 540 g/mol. The number of aliphatic hydroxyl groups is 1. The summed E-state index contributed by atoms with van der Waals surface area (Å²) in [6.07, 6.45) is 2.97. The van der Waals surface area contributed by atoms with E-state index in [4.69, 9.17) is 4.74 Å². The molecule has 5 aromatic rings. The number of fused-ring (bicyclic) bond motifs is 1. The van der Waals surface area contributed by atoms with E-state index in [1.165, 1.54) is 30.6 Å². The summed E-state index contributed by atoms with van der Waals surface area (Å²) in [6, 6.07) is 8.17. The lowest BCUT2D eigenvalue weighted by Crippen LogP contribution is -2.05. The normalized spacial score (nSPS) is 12.2. The minimum atomic E-state index is -0.942. The first-order valence-corrected chi connectivity index (χ1v) is 11.9. The zero-order chi connectivity index (χ0) is 27.8. The number of hydrogen-bond donors (Lipinski definition) is 3. The van der Waals surface area contributed by atoms with Crippen LogP contribution >= 0.6 is 0 Å². The van der Waals surface area contributed by atoms with Crippen molar-refractivity contribution in [3.63, 3.8) is 0 Å². The van der Waals surface area contributed by atoms with Crippen LogP contribution in [-0.2, 0) is 6.42 Å². The molecule has 0 aliphatic carbocycles. The fraction of sp³-hybridized carbons (Fsp3) is 0.138. The number of nitrogens with zero attached hydrogens (tertiary/aromatic N) is 1. The molecule has 0 radical (unpaired) electrons. The third-order valence-corrected chi connectivity index (χ3v) is 6.47. The zero-order valence-electron chi connectivity index (χ0n) is 20.6. The Morgan fingerprint density at radius 1 is 1.03 bits per heavy atom. The Morgan fingerprint density at radius 2 is 1.82 bits per heavy atom. The number of imidazole rings is 1. The summed E-state index contributed by atoms with van der Waals surface area (Å²) in [5.41, 5.74) is 0.701. The average Bonchev–Trinajstić information content (AvgIpc) is 3.57. The van der Waals surface area contributed by atoms with Gasteiger partial charge in [-0.2, -0.15) is 0 Å². The minimum Gasteiger partial charge on any atom is -0.513 e. The van der Waals surface area contributed by atoms with E-state index in [0.29, 0.717) is 5.69 Å². The largest absolute Gasteiger partial charge is 0.513 e. The van der Waals surface area contributed by atoms with Gasteiger partial charge in [0.2, 0.25) is 0 Å². The molecule has 1 atom stereocenters. The smallest absolute Gasteiger partial charge is 0.199 e. The Hall–Kier alpha value is -4.60. The number of rotatable bonds is 8. The number of hydrogen-bond acceptors (Lipinski definition) is 3. The molecule has 0 bridgehead atoms. The molecule has 0 aliphatic heterocycles. The highest BCUT2D eigenvalue weighted by Gasteiger charge is 2.22. The highest BCUT2D eigenvalue weighted by atomic mass is 19.1. The van der Waals surface area contributed by atoms with Crippen LogP contribution in [0.3, 0.4) is 0 Å². The second-order valence-corrected chi connectivity index (χ2v) is 9.13. The van der Waals surface area contributed by atoms with Crippen molar-refractivity contribution in [3.8, 4) is 22.9 Å². The third-order valence-electron chi connectivity index (χ3n) is 6.47. The number of halogens is 5. The van der Waals surface area contributed by atoms with Gasteiger partial charge >= 0.3 is 0 Å². The van der Waals surface area contributed by atoms with Crippen LogP contribution in [-0.4, -0.2) is 20.1 Å². The molecule has 3 N–H and O–H groups in total. The van der Waals surface area contributed by atoms with Crippen LogP contribution in [0.4, 0.5) is 22.0 Å². The number of ether oxygens (including phenoxy) is 1. The van der Waals surface area contributed by atoms with E-state index in [2.05, 4.69) is 21.5 Å². The molecule has 2 heterocycles. The van der Waals surface area contributed by atoms with Gasteiger partial charge in [-0.1, -0.05) is 13.5 Å². The van der Waals surface area contributed by atoms with Crippen LogP contribution in [0, 0.1) is 29.1 Å². The predicted octanol–water partition coefficient (Wildman–Crippen LogP) is 8.20. The molecule has 0 spiro atoms. The first kappa shape index (κ1) is 26.0. The van der Waals surface area contributed by atoms with Gasteiger partial charge in [0.25, 0.3) is 0 Å². The highest BCUT2D eigenvalue weighted by molar-refractivity contribution is 5.82. The van der Waals surface area contributed by atoms with Gasteiger partial charge in [-0.25, -0.2) is 26.9 Å². The van der Waals surface area contributed by atoms with Crippen LogP contribution in [0.5, 0.6) is 11.5 Å². The molecule has 0 saturated carbocycles. The van der Waals surface area contributed by atoms with Gasteiger partial charge in [0.05, 0.1) is 16.8 Å². The third kappa shape index (κ3) is 5.09. The molecule has 5 nitrogen and oxygen atoms in total. The fourth-order valence-electron chi connectivity index (χ4n) is 4.38. The summed E-state index contributed by atoms with van der Waals surface area (Å²) in [7, 11) is 0. The molecule has 5 rings (SSSR count). The summed E-state index contributed by atoms with van der Waals surface area (Å²) in [6.45, 7) is 4.99. The van der Waals surface area contributed by atoms with Crippen molar-refractivity contribution in [2.24, 2.45) is 0 Å². The van der Waals surface area contributed by atoms with Gasteiger partial charge in [-0.05, 0) is 53.9 Å². The summed E-state index contributed by atoms with van der Waals surface area (Å²) < 4.78 is 79.0. The molecule has 3 aromatic carbocycles. The molecular formula is C29H22F5N3O2. The lowest BCUT2D eigenvalue weighted by molar-refractivity contribution is 0.390. The van der Waals surface area contributed by atoms with E-state index in [1.807, 2.05) is 0 Å². The number of H-pyrrole nitrogens is 2. The van der Waals surface area contributed by atoms with E-state index < -0.39 is 40.8 Å². The minimum absolute atomic E-state index is 0.0450. The number of aliphatic hydroxyl groups excluding tert-OH is 1. The van der Waals surface area contributed by atoms with Crippen molar-refractivity contribution in [1.29, 1.82) is 0 Å². The van der Waals surface area contributed by atoms with Crippen LogP contribution in [0.2, 0.25) is 0 Å². The fourth-order valence-corrected chi connectivity index (χ4v) is 4.38. The molecule has 0 fully saturated rings. The number of aromatic nitrogens is 3. The van der Waals surface area contributed by atoms with E-state index in [-0.39, 0.29) is 57.8 Å². The topological polar surface area (TPSA) is 73.9 Å². The Bertz CT molecular complexity index is 1710. The Balaban J connectivity index is 1.44. The monoisotopic (exact) mass is 539 g/mol. The van der Waals surface area contributed by atoms with Crippen LogP contribution in [0.15, 0.2) is 67.2 Å². The summed E-state index contributed by atoms with van der Waals surface area (Å²) in [5, 5.41) is 9.46. The summed E-state index contributed by atoms with van der Waals surface area (Å²) >= 11 is 0. The van der Waals surface area contributed by atoms with E-state index in [0.717, 1.165) is 24.3 Å². The van der Waals surface area contributed by atoms with Crippen LogP contribution in [0.25, 0.3) is 22.3 Å². The van der Waals surface area contributed by atoms with Gasteiger partial charge in [-0.15, -0.1) is 0 Å². The van der Waals surface area contributed by atoms with Gasteiger partial charge in [-0.3, -0.25) is 0 Å². The molecule has 10 heteroatoms. The van der Waals surface area contributed by atoms with Crippen LogP contribution < -0.4 is 4.74 Å². The second-order valence-electron chi connectivity index (χ2n) is 9.13. The molecule has 2 aromatic heterocycles. The van der Waals surface area contributed by atoms with E-state index in [9.17, 15) is 22.7 Å². The molecule has 39 heavy (non-hydrogen) atoms. The highest BCUT2D eigenvalue weighted by Crippen LogP contribution is 2.35. The van der Waals surface area contributed by atoms with Gasteiger partial charge in [0.15, 0.2) is 17.4 Å². The number of nitrogens with one attached hydrogen (secondary N) is 2. The van der Waals surface area contributed by atoms with Crippen molar-refractivity contribution in [2.45, 2.75) is 25.7 Å². The molecule has 0 saturated heterocycles. The SMILES string of the molecule is C=C(O)CCc1cc(F)cc(C(C)c2cnc(-c3cc(Oc4c(F)cc5[nH]ccc5c4F)ccc3F)[nH]2)c1F. The molecule has 0 aliphatic rings. The summed E-state index contributed by atoms with van der Waals surface area (Å²) in [5.74, 6) is -5.31. The Labute approximate surface area is 219 Å². The second kappa shape index (κ2) is 10.3. The lowest BCUT2D eigenvalue weighted by atomic mass is 9.94. The molecular weight excluding hydrogens is 517 g/mol. The quantitative estimate of drug-likeness (QED) is 0.137. The Morgan fingerprint density at radius 3 is 2.59 bits per heavy atom. The molecule has 200 valence electrons. The number of benzene rings is 3. The zero-order valence-corrected chi connectivity index (χ0v) is 20.6. The number of aromatic amines is 2. The Kier molecular flexibility index (Phi) is 6.86. The van der Waals surface area contributed by atoms with Crippen molar-refractivity contribution >= 4 is 10.9 Å². The van der Waals surface area contributed by atoms with Crippen molar-refractivity contribution < 1.29 is 31.8 Å². The van der Waals surface area contributed by atoms with E-state index in [1.54, 1.807) is 6.92 Å². The van der Waals surface area contributed by atoms with Crippen molar-refractivity contribution in [3.05, 3.63) is 113 Å². The van der Waals surface area contributed by atoms with Gasteiger partial charge < -0.3 is 19.8 Å². The summed E-state index contributed by atoms with van der Waals surface area (Å²) in [4.78, 5) is 9.82. The van der Waals surface area contributed by atoms with Crippen molar-refractivity contribution in [2.75, 3.05) is 0 Å². The molecule has 1 unspecified atom stereocenters. The van der Waals surface area contributed by atoms with Crippen molar-refractivity contribution in [1.82, 2.24) is 15.0 Å². The number of aryl methyl sites for hydroxylation is 1. The molecule has 0 amide bonds. The van der Waals surface area contributed by atoms with Gasteiger partial charge in [0, 0.05) is 41.9 Å². The first-order chi connectivity index (χ1) is 18.6. The van der Waals surface area contributed by atoms with Gasteiger partial charge in [0.1, 0.15) is 29.0 Å². The standard InChI is InChI=1S/C29H22F5N3O2/c1-14(38)3-4-16-9-17(30)10-20(26(16)33)15(2)25-13-36-29(37-25)21-11-18(5-6-22(21)31)39-28-23(32)12-24-19(27(28)34)7-8-35-24/h5-13,15,35,38H,1,3-4H2,2H3,(H,36,37). The lowest BCUT2D eigenvalue weighted by Gasteiger charge is -2.14. The number of allylic oxidation sites excluding steroid dienone is 1. The predicted molar refractivity (Wildman–Crippen MR) is 136 cm³/mol. The maximum absolute atomic E-state index is 15.2. The first-order valence-electron chi connectivity index (χ1n) is 11.9. The maximum Gasteiger partial charge on any atom is 0.199 e. The maximum atomic E-state index is 15.2. The van der Waals surface area contributed by atoms with Crippen LogP contribution in [0.1, 0.15) is 36.1 Å². The van der Waals surface area contributed by atoms with E-state index >= 15 is 4.39 Å².